The third kappa shape index (κ3) is 17.8. The van der Waals surface area contributed by atoms with E-state index in [4.69, 9.17) is 14.6 Å². The molecule has 1 aliphatic heterocycles. The average Bonchev–Trinajstić information content (AvgIpc) is 3.49. The number of carbonyl (C=O) groups excluding carboxylic acids is 1. The normalized spacial score (nSPS) is 16.1. The molecule has 0 bridgehead atoms. The second-order valence-electron chi connectivity index (χ2n) is 7.55. The maximum absolute atomic E-state index is 11.3. The van der Waals surface area contributed by atoms with Gasteiger partial charge in [0.15, 0.2) is 0 Å². The molecule has 0 aromatic rings. The molecule has 0 aromatic carbocycles. The Morgan fingerprint density at radius 2 is 1.39 bits per heavy atom. The zero-order valence-corrected chi connectivity index (χ0v) is 17.3. The summed E-state index contributed by atoms with van der Waals surface area (Å²) < 4.78 is 9.97. The summed E-state index contributed by atoms with van der Waals surface area (Å²) in [4.78, 5) is 21.7. The molecule has 0 saturated carbocycles. The largest absolute Gasteiger partial charge is 0.481 e. The minimum Gasteiger partial charge on any atom is -0.481 e. The average molecular weight is 395 g/mol. The number of carboxylic acid groups (broad SMARTS) is 1. The first-order valence-electron chi connectivity index (χ1n) is 11.0. The minimum atomic E-state index is -0.676. The standard InChI is InChI=1S/C23H38O5/c24-22(25)17-15-13-11-9-7-5-3-1-2-4-6-8-10-12-14-16-18-23(26)28-20-21-19-27-21/h12,14,16,18,21H,1-11,13,15,17,19-20H2,(H,24,25). The van der Waals surface area contributed by atoms with Crippen LogP contribution >= 0.6 is 0 Å². The van der Waals surface area contributed by atoms with Crippen molar-refractivity contribution < 1.29 is 24.2 Å². The zero-order valence-electron chi connectivity index (χ0n) is 17.3. The Morgan fingerprint density at radius 1 is 0.857 bits per heavy atom. The fourth-order valence-corrected chi connectivity index (χ4v) is 3.00. The SMILES string of the molecule is O=C(O)CCCCCCCCCCCCCCC=CC=CC(=O)OCC1CO1. The van der Waals surface area contributed by atoms with E-state index in [1.807, 2.05) is 6.08 Å². The van der Waals surface area contributed by atoms with Crippen molar-refractivity contribution in [2.45, 2.75) is 96.0 Å². The number of allylic oxidation sites excluding steroid dienone is 3. The van der Waals surface area contributed by atoms with Gasteiger partial charge in [-0.15, -0.1) is 0 Å². The van der Waals surface area contributed by atoms with E-state index < -0.39 is 5.97 Å². The van der Waals surface area contributed by atoms with Crippen molar-refractivity contribution in [2.24, 2.45) is 0 Å². The fraction of sp³-hybridized carbons (Fsp3) is 0.739. The number of unbranched alkanes of at least 4 members (excludes halogenated alkanes) is 12. The predicted octanol–water partition coefficient (Wildman–Crippen LogP) is 5.59. The van der Waals surface area contributed by atoms with Crippen molar-refractivity contribution in [3.63, 3.8) is 0 Å². The smallest absolute Gasteiger partial charge is 0.330 e. The van der Waals surface area contributed by atoms with E-state index in [-0.39, 0.29) is 12.1 Å². The van der Waals surface area contributed by atoms with E-state index in [1.165, 1.54) is 70.3 Å². The van der Waals surface area contributed by atoms with Gasteiger partial charge in [0.25, 0.3) is 0 Å². The highest BCUT2D eigenvalue weighted by Gasteiger charge is 2.23. The number of carbonyl (C=O) groups is 2. The Balaban J connectivity index is 1.74. The molecule has 0 aliphatic carbocycles. The van der Waals surface area contributed by atoms with Gasteiger partial charge in [0, 0.05) is 12.5 Å². The number of ether oxygens (including phenoxy) is 2. The monoisotopic (exact) mass is 394 g/mol. The number of rotatable bonds is 19. The molecule has 5 heteroatoms. The van der Waals surface area contributed by atoms with Gasteiger partial charge in [0.1, 0.15) is 12.7 Å². The van der Waals surface area contributed by atoms with E-state index in [0.29, 0.717) is 19.6 Å². The summed E-state index contributed by atoms with van der Waals surface area (Å²) in [7, 11) is 0. The first kappa shape index (κ1) is 24.4. The van der Waals surface area contributed by atoms with Crippen molar-refractivity contribution in [1.82, 2.24) is 0 Å². The summed E-state index contributed by atoms with van der Waals surface area (Å²) in [5.74, 6) is -0.983. The van der Waals surface area contributed by atoms with Crippen molar-refractivity contribution in [1.29, 1.82) is 0 Å². The molecule has 5 nitrogen and oxygen atoms in total. The number of esters is 1. The van der Waals surface area contributed by atoms with Crippen molar-refractivity contribution in [2.75, 3.05) is 13.2 Å². The van der Waals surface area contributed by atoms with Crippen LogP contribution in [0.3, 0.4) is 0 Å². The van der Waals surface area contributed by atoms with Crippen LogP contribution in [0.4, 0.5) is 0 Å². The molecule has 1 atom stereocenters. The lowest BCUT2D eigenvalue weighted by Crippen LogP contribution is -2.06. The molecular weight excluding hydrogens is 356 g/mol. The highest BCUT2D eigenvalue weighted by Crippen LogP contribution is 2.13. The molecule has 0 amide bonds. The van der Waals surface area contributed by atoms with Crippen molar-refractivity contribution in [3.8, 4) is 0 Å². The Kier molecular flexibility index (Phi) is 15.2. The molecule has 1 heterocycles. The molecule has 0 radical (unpaired) electrons. The van der Waals surface area contributed by atoms with E-state index in [1.54, 1.807) is 6.08 Å². The quantitative estimate of drug-likeness (QED) is 0.102. The zero-order chi connectivity index (χ0) is 20.3. The lowest BCUT2D eigenvalue weighted by molar-refractivity contribution is -0.138. The van der Waals surface area contributed by atoms with Crippen molar-refractivity contribution >= 4 is 11.9 Å². The van der Waals surface area contributed by atoms with Crippen LogP contribution in [-0.4, -0.2) is 36.4 Å². The van der Waals surface area contributed by atoms with Crippen molar-refractivity contribution in [3.05, 3.63) is 24.3 Å². The number of hydrogen-bond donors (Lipinski definition) is 1. The van der Waals surface area contributed by atoms with Gasteiger partial charge in [0.05, 0.1) is 6.61 Å². The van der Waals surface area contributed by atoms with Crippen LogP contribution in [0.5, 0.6) is 0 Å². The van der Waals surface area contributed by atoms with Gasteiger partial charge in [-0.3, -0.25) is 4.79 Å². The van der Waals surface area contributed by atoms with E-state index >= 15 is 0 Å². The Hall–Kier alpha value is -1.62. The lowest BCUT2D eigenvalue weighted by Gasteiger charge is -2.02. The van der Waals surface area contributed by atoms with Crippen LogP contribution in [-0.2, 0) is 19.1 Å². The molecular formula is C23H38O5. The molecule has 0 aromatic heterocycles. The topological polar surface area (TPSA) is 76.1 Å². The molecule has 160 valence electrons. The minimum absolute atomic E-state index is 0.120. The number of aliphatic carboxylic acids is 1. The second kappa shape index (κ2) is 17.5. The van der Waals surface area contributed by atoms with Crippen LogP contribution < -0.4 is 0 Å². The van der Waals surface area contributed by atoms with Crippen LogP contribution in [0.1, 0.15) is 89.9 Å². The number of hydrogen-bond acceptors (Lipinski definition) is 4. The summed E-state index contributed by atoms with van der Waals surface area (Å²) in [6.45, 7) is 1.07. The van der Waals surface area contributed by atoms with E-state index in [9.17, 15) is 9.59 Å². The molecule has 1 unspecified atom stereocenters. The predicted molar refractivity (Wildman–Crippen MR) is 111 cm³/mol. The highest BCUT2D eigenvalue weighted by molar-refractivity contribution is 5.82. The van der Waals surface area contributed by atoms with Gasteiger partial charge in [-0.1, -0.05) is 82.4 Å². The van der Waals surface area contributed by atoms with E-state index in [2.05, 4.69) is 6.08 Å². The summed E-state index contributed by atoms with van der Waals surface area (Å²) in [6, 6.07) is 0. The Bertz CT molecular complexity index is 466. The number of carboxylic acids is 1. The first-order valence-corrected chi connectivity index (χ1v) is 11.0. The molecule has 1 rings (SSSR count). The Morgan fingerprint density at radius 3 is 1.93 bits per heavy atom. The second-order valence-corrected chi connectivity index (χ2v) is 7.55. The maximum Gasteiger partial charge on any atom is 0.330 e. The van der Waals surface area contributed by atoms with Crippen LogP contribution in [0.2, 0.25) is 0 Å². The van der Waals surface area contributed by atoms with Gasteiger partial charge >= 0.3 is 11.9 Å². The summed E-state index contributed by atoms with van der Waals surface area (Å²) in [5, 5.41) is 8.56. The molecule has 1 N–H and O–H groups in total. The Labute approximate surface area is 170 Å². The van der Waals surface area contributed by atoms with Gasteiger partial charge in [-0.2, -0.15) is 0 Å². The summed E-state index contributed by atoms with van der Waals surface area (Å²) in [5.41, 5.74) is 0. The fourth-order valence-electron chi connectivity index (χ4n) is 3.00. The van der Waals surface area contributed by atoms with Crippen LogP contribution in [0.15, 0.2) is 24.3 Å². The molecule has 0 spiro atoms. The third-order valence-electron chi connectivity index (χ3n) is 4.80. The first-order chi connectivity index (χ1) is 13.7. The highest BCUT2D eigenvalue weighted by atomic mass is 16.6. The van der Waals surface area contributed by atoms with Crippen LogP contribution in [0.25, 0.3) is 0 Å². The van der Waals surface area contributed by atoms with Crippen LogP contribution in [0, 0.1) is 0 Å². The van der Waals surface area contributed by atoms with Gasteiger partial charge in [-0.25, -0.2) is 4.79 Å². The maximum atomic E-state index is 11.3. The summed E-state index contributed by atoms with van der Waals surface area (Å²) in [6.07, 6.45) is 23.3. The summed E-state index contributed by atoms with van der Waals surface area (Å²) >= 11 is 0. The van der Waals surface area contributed by atoms with Gasteiger partial charge < -0.3 is 14.6 Å². The number of epoxide rings is 1. The van der Waals surface area contributed by atoms with E-state index in [0.717, 1.165) is 19.3 Å². The lowest BCUT2D eigenvalue weighted by atomic mass is 10.0. The molecule has 1 fully saturated rings. The molecule has 1 aliphatic rings. The molecule has 1 saturated heterocycles. The molecule has 28 heavy (non-hydrogen) atoms. The van der Waals surface area contributed by atoms with Gasteiger partial charge in [-0.05, 0) is 19.3 Å². The van der Waals surface area contributed by atoms with Gasteiger partial charge in [0.2, 0.25) is 0 Å². The third-order valence-corrected chi connectivity index (χ3v) is 4.80.